The predicted octanol–water partition coefficient (Wildman–Crippen LogP) is 3.65. The number of hydrogen-bond acceptors (Lipinski definition) is 2. The molecule has 2 N–H and O–H groups in total. The molecule has 4 nitrogen and oxygen atoms in total. The summed E-state index contributed by atoms with van der Waals surface area (Å²) in [4.78, 5) is 19.6. The van der Waals surface area contributed by atoms with Gasteiger partial charge in [-0.15, -0.1) is 0 Å². The topological polar surface area (TPSA) is 57.8 Å². The van der Waals surface area contributed by atoms with E-state index in [1.807, 2.05) is 66.9 Å². The van der Waals surface area contributed by atoms with Crippen LogP contribution in [-0.4, -0.2) is 15.9 Å². The van der Waals surface area contributed by atoms with Crippen LogP contribution in [0.2, 0.25) is 0 Å². The Labute approximate surface area is 129 Å². The van der Waals surface area contributed by atoms with E-state index in [-0.39, 0.29) is 5.91 Å². The number of imidazole rings is 1. The lowest BCUT2D eigenvalue weighted by molar-refractivity contribution is -0.116. The lowest BCUT2D eigenvalue weighted by atomic mass is 10.2. The average molecular weight is 291 g/mol. The molecule has 2 aromatic carbocycles. The maximum atomic E-state index is 11.9. The molecule has 0 bridgehead atoms. The van der Waals surface area contributed by atoms with Gasteiger partial charge in [0.1, 0.15) is 5.82 Å². The number of amides is 1. The summed E-state index contributed by atoms with van der Waals surface area (Å²) in [5.41, 5.74) is 2.75. The maximum Gasteiger partial charge on any atom is 0.224 e. The Balaban J connectivity index is 1.56. The molecule has 0 spiro atoms. The van der Waals surface area contributed by atoms with Gasteiger partial charge in [0.25, 0.3) is 0 Å². The number of benzene rings is 2. The van der Waals surface area contributed by atoms with Gasteiger partial charge in [0, 0.05) is 23.9 Å². The first-order valence-electron chi connectivity index (χ1n) is 7.26. The molecule has 0 fully saturated rings. The van der Waals surface area contributed by atoms with Gasteiger partial charge >= 0.3 is 0 Å². The quantitative estimate of drug-likeness (QED) is 0.754. The standard InChI is InChI=1S/C18H17N3O/c22-17(20-15-9-5-2-6-10-15)12-11-16-13-19-18(21-16)14-7-3-1-4-8-14/h1-10,13H,11-12H2,(H,19,21)(H,20,22). The normalized spacial score (nSPS) is 10.4. The minimum atomic E-state index is -0.00420. The van der Waals surface area contributed by atoms with Crippen LogP contribution >= 0.6 is 0 Å². The monoisotopic (exact) mass is 291 g/mol. The van der Waals surface area contributed by atoms with E-state index in [1.165, 1.54) is 0 Å². The van der Waals surface area contributed by atoms with Crippen molar-refractivity contribution < 1.29 is 4.79 Å². The summed E-state index contributed by atoms with van der Waals surface area (Å²) < 4.78 is 0. The van der Waals surface area contributed by atoms with Crippen LogP contribution in [-0.2, 0) is 11.2 Å². The highest BCUT2D eigenvalue weighted by atomic mass is 16.1. The number of aromatic nitrogens is 2. The van der Waals surface area contributed by atoms with E-state index in [4.69, 9.17) is 0 Å². The molecule has 0 unspecified atom stereocenters. The molecule has 0 radical (unpaired) electrons. The molecule has 1 heterocycles. The fourth-order valence-electron chi connectivity index (χ4n) is 2.22. The number of nitrogens with one attached hydrogen (secondary N) is 2. The summed E-state index contributed by atoms with van der Waals surface area (Å²) in [6.45, 7) is 0. The Bertz CT molecular complexity index is 735. The van der Waals surface area contributed by atoms with E-state index in [0.29, 0.717) is 12.8 Å². The van der Waals surface area contributed by atoms with Gasteiger partial charge < -0.3 is 10.3 Å². The van der Waals surface area contributed by atoms with Gasteiger partial charge in [0.2, 0.25) is 5.91 Å². The molecule has 1 amide bonds. The number of rotatable bonds is 5. The van der Waals surface area contributed by atoms with Crippen molar-refractivity contribution in [1.82, 2.24) is 9.97 Å². The number of anilines is 1. The lowest BCUT2D eigenvalue weighted by Gasteiger charge is -2.03. The molecule has 3 aromatic rings. The van der Waals surface area contributed by atoms with Crippen LogP contribution in [0.15, 0.2) is 66.9 Å². The van der Waals surface area contributed by atoms with E-state index < -0.39 is 0 Å². The fraction of sp³-hybridized carbons (Fsp3) is 0.111. The molecule has 22 heavy (non-hydrogen) atoms. The Kier molecular flexibility index (Phi) is 4.30. The Morgan fingerprint density at radius 3 is 2.41 bits per heavy atom. The highest BCUT2D eigenvalue weighted by Crippen LogP contribution is 2.15. The van der Waals surface area contributed by atoms with Gasteiger partial charge in [-0.3, -0.25) is 4.79 Å². The molecule has 1 aromatic heterocycles. The number of carbonyl (C=O) groups excluding carboxylic acids is 1. The van der Waals surface area contributed by atoms with Crippen molar-refractivity contribution in [1.29, 1.82) is 0 Å². The first kappa shape index (κ1) is 14.1. The van der Waals surface area contributed by atoms with E-state index in [2.05, 4.69) is 15.3 Å². The molecule has 0 saturated carbocycles. The molecule has 0 atom stereocenters. The van der Waals surface area contributed by atoms with Gasteiger partial charge in [-0.05, 0) is 18.6 Å². The third-order valence-corrected chi connectivity index (χ3v) is 3.34. The van der Waals surface area contributed by atoms with Crippen LogP contribution in [0.25, 0.3) is 11.4 Å². The van der Waals surface area contributed by atoms with Crippen LogP contribution in [0.4, 0.5) is 5.69 Å². The summed E-state index contributed by atoms with van der Waals surface area (Å²) in [5.74, 6) is 0.828. The Morgan fingerprint density at radius 2 is 1.68 bits per heavy atom. The number of aryl methyl sites for hydroxylation is 1. The lowest BCUT2D eigenvalue weighted by Crippen LogP contribution is -2.12. The van der Waals surface area contributed by atoms with Crippen LogP contribution < -0.4 is 5.32 Å². The fourth-order valence-corrected chi connectivity index (χ4v) is 2.22. The largest absolute Gasteiger partial charge is 0.344 e. The number of para-hydroxylation sites is 1. The first-order valence-corrected chi connectivity index (χ1v) is 7.26. The number of H-pyrrole nitrogens is 1. The number of carbonyl (C=O) groups is 1. The van der Waals surface area contributed by atoms with E-state index in [0.717, 1.165) is 22.8 Å². The molecule has 0 aliphatic heterocycles. The molecule has 110 valence electrons. The van der Waals surface area contributed by atoms with Crippen molar-refractivity contribution in [3.63, 3.8) is 0 Å². The minimum absolute atomic E-state index is 0.00420. The molecule has 4 heteroatoms. The van der Waals surface area contributed by atoms with Gasteiger partial charge in [-0.25, -0.2) is 4.98 Å². The van der Waals surface area contributed by atoms with Gasteiger partial charge in [-0.1, -0.05) is 48.5 Å². The zero-order valence-corrected chi connectivity index (χ0v) is 12.1. The second-order valence-electron chi connectivity index (χ2n) is 5.02. The van der Waals surface area contributed by atoms with Gasteiger partial charge in [0.05, 0.1) is 5.69 Å². The van der Waals surface area contributed by atoms with Crippen molar-refractivity contribution in [3.05, 3.63) is 72.6 Å². The third kappa shape index (κ3) is 3.61. The molecular weight excluding hydrogens is 274 g/mol. The molecule has 0 aliphatic rings. The smallest absolute Gasteiger partial charge is 0.224 e. The second kappa shape index (κ2) is 6.72. The van der Waals surface area contributed by atoms with E-state index >= 15 is 0 Å². The molecule has 0 aliphatic carbocycles. The number of nitrogens with zero attached hydrogens (tertiary/aromatic N) is 1. The SMILES string of the molecule is O=C(CCc1c[nH]c(-c2ccccc2)n1)Nc1ccccc1. The highest BCUT2D eigenvalue weighted by molar-refractivity contribution is 5.90. The molecular formula is C18H17N3O. The summed E-state index contributed by atoms with van der Waals surface area (Å²) in [7, 11) is 0. The predicted molar refractivity (Wildman–Crippen MR) is 87.4 cm³/mol. The second-order valence-corrected chi connectivity index (χ2v) is 5.02. The van der Waals surface area contributed by atoms with Crippen LogP contribution in [0.1, 0.15) is 12.1 Å². The maximum absolute atomic E-state index is 11.9. The zero-order chi connectivity index (χ0) is 15.2. The minimum Gasteiger partial charge on any atom is -0.344 e. The summed E-state index contributed by atoms with van der Waals surface area (Å²) >= 11 is 0. The number of hydrogen-bond donors (Lipinski definition) is 2. The summed E-state index contributed by atoms with van der Waals surface area (Å²) in [6, 6.07) is 19.4. The first-order chi connectivity index (χ1) is 10.8. The van der Waals surface area contributed by atoms with Crippen LogP contribution in [0.5, 0.6) is 0 Å². The average Bonchev–Trinajstić information content (AvgIpc) is 3.04. The highest BCUT2D eigenvalue weighted by Gasteiger charge is 2.07. The van der Waals surface area contributed by atoms with E-state index in [9.17, 15) is 4.79 Å². The van der Waals surface area contributed by atoms with Crippen molar-refractivity contribution in [2.45, 2.75) is 12.8 Å². The van der Waals surface area contributed by atoms with E-state index in [1.54, 1.807) is 0 Å². The van der Waals surface area contributed by atoms with Crippen LogP contribution in [0, 0.1) is 0 Å². The van der Waals surface area contributed by atoms with Crippen molar-refractivity contribution in [2.24, 2.45) is 0 Å². The zero-order valence-electron chi connectivity index (χ0n) is 12.1. The van der Waals surface area contributed by atoms with Gasteiger partial charge in [-0.2, -0.15) is 0 Å². The Hall–Kier alpha value is -2.88. The third-order valence-electron chi connectivity index (χ3n) is 3.34. The van der Waals surface area contributed by atoms with Crippen molar-refractivity contribution in [3.8, 4) is 11.4 Å². The van der Waals surface area contributed by atoms with Crippen molar-refractivity contribution in [2.75, 3.05) is 5.32 Å². The van der Waals surface area contributed by atoms with Crippen LogP contribution in [0.3, 0.4) is 0 Å². The van der Waals surface area contributed by atoms with Gasteiger partial charge in [0.15, 0.2) is 0 Å². The summed E-state index contributed by atoms with van der Waals surface area (Å²) in [5, 5.41) is 2.87. The summed E-state index contributed by atoms with van der Waals surface area (Å²) in [6.07, 6.45) is 2.88. The number of aromatic amines is 1. The molecule has 0 saturated heterocycles. The Morgan fingerprint density at radius 1 is 1.00 bits per heavy atom. The molecule has 3 rings (SSSR count). The van der Waals surface area contributed by atoms with Crippen molar-refractivity contribution >= 4 is 11.6 Å².